The summed E-state index contributed by atoms with van der Waals surface area (Å²) >= 11 is 0. The third kappa shape index (κ3) is 10.9. The predicted octanol–water partition coefficient (Wildman–Crippen LogP) is 11.6. The molecule has 0 saturated heterocycles. The Kier molecular flexibility index (Phi) is 13.1. The van der Waals surface area contributed by atoms with E-state index in [9.17, 15) is 0 Å². The van der Waals surface area contributed by atoms with Crippen molar-refractivity contribution in [3.05, 3.63) is 95.2 Å². The van der Waals surface area contributed by atoms with Crippen LogP contribution in [0.15, 0.2) is 115 Å². The molecule has 0 radical (unpaired) electrons. The van der Waals surface area contributed by atoms with Gasteiger partial charge in [0.25, 0.3) is 0 Å². The van der Waals surface area contributed by atoms with Gasteiger partial charge in [0.05, 0.1) is 45.6 Å². The zero-order valence-corrected chi connectivity index (χ0v) is 27.9. The predicted molar refractivity (Wildman–Crippen MR) is 196 cm³/mol. The van der Waals surface area contributed by atoms with Gasteiger partial charge in [-0.2, -0.15) is 0 Å². The van der Waals surface area contributed by atoms with Crippen LogP contribution in [-0.2, 0) is 0 Å². The molecule has 0 saturated carbocycles. The second-order valence-corrected chi connectivity index (χ2v) is 13.3. The SMILES string of the molecule is CCCCCCCCCCC(CCCCCCCC)CCC1=CC2=NC1=CC1=NC(=CC3=NC(=CC4=NC(=C2)C=C4)C=C3)C=C1. The van der Waals surface area contributed by atoms with Crippen molar-refractivity contribution in [2.45, 2.75) is 129 Å². The summed E-state index contributed by atoms with van der Waals surface area (Å²) < 4.78 is 0. The highest BCUT2D eigenvalue weighted by atomic mass is 14.8. The van der Waals surface area contributed by atoms with E-state index in [1.807, 2.05) is 24.3 Å². The maximum absolute atomic E-state index is 5.09. The third-order valence-electron chi connectivity index (χ3n) is 9.38. The zero-order valence-electron chi connectivity index (χ0n) is 27.9. The number of hydrogen-bond acceptors (Lipinski definition) is 4. The lowest BCUT2D eigenvalue weighted by Gasteiger charge is -2.18. The number of rotatable bonds is 19. The van der Waals surface area contributed by atoms with Gasteiger partial charge >= 0.3 is 0 Å². The lowest BCUT2D eigenvalue weighted by atomic mass is 9.88. The summed E-state index contributed by atoms with van der Waals surface area (Å²) in [4.78, 5) is 19.5. The van der Waals surface area contributed by atoms with Gasteiger partial charge in [-0.1, -0.05) is 117 Å². The second-order valence-electron chi connectivity index (χ2n) is 13.3. The topological polar surface area (TPSA) is 49.4 Å². The Morgan fingerprint density at radius 2 is 0.867 bits per heavy atom. The lowest BCUT2D eigenvalue weighted by Crippen LogP contribution is -2.03. The van der Waals surface area contributed by atoms with Crippen LogP contribution < -0.4 is 0 Å². The first-order valence-corrected chi connectivity index (χ1v) is 18.2. The molecule has 8 bridgehead atoms. The van der Waals surface area contributed by atoms with Crippen LogP contribution in [0.1, 0.15) is 129 Å². The highest BCUT2D eigenvalue weighted by molar-refractivity contribution is 6.15. The van der Waals surface area contributed by atoms with E-state index < -0.39 is 0 Å². The van der Waals surface area contributed by atoms with Gasteiger partial charge in [-0.25, -0.2) is 20.0 Å². The van der Waals surface area contributed by atoms with Gasteiger partial charge in [0, 0.05) is 0 Å². The lowest BCUT2D eigenvalue weighted by molar-refractivity contribution is 0.380. The highest BCUT2D eigenvalue weighted by Gasteiger charge is 2.19. The van der Waals surface area contributed by atoms with Gasteiger partial charge in [0.1, 0.15) is 0 Å². The fourth-order valence-electron chi connectivity index (χ4n) is 6.73. The number of fused-ring (bicyclic) bond motifs is 4. The van der Waals surface area contributed by atoms with Crippen LogP contribution in [0.5, 0.6) is 0 Å². The normalized spacial score (nSPS) is 18.7. The minimum Gasteiger partial charge on any atom is -0.249 e. The summed E-state index contributed by atoms with van der Waals surface area (Å²) in [5, 5.41) is 0. The number of aliphatic imine (C=N–C) groups is 4. The third-order valence-corrected chi connectivity index (χ3v) is 9.38. The van der Waals surface area contributed by atoms with Gasteiger partial charge in [-0.3, -0.25) is 0 Å². The van der Waals surface area contributed by atoms with Gasteiger partial charge in [-0.15, -0.1) is 0 Å². The van der Waals surface area contributed by atoms with Crippen LogP contribution in [0.4, 0.5) is 0 Å². The molecule has 0 aromatic heterocycles. The summed E-state index contributed by atoms with van der Waals surface area (Å²) in [5.41, 5.74) is 8.93. The van der Waals surface area contributed by atoms with Crippen molar-refractivity contribution in [2.75, 3.05) is 0 Å². The van der Waals surface area contributed by atoms with E-state index in [1.165, 1.54) is 115 Å². The molecular formula is C41H54N4. The highest BCUT2D eigenvalue weighted by Crippen LogP contribution is 2.31. The molecule has 5 aliphatic heterocycles. The largest absolute Gasteiger partial charge is 0.249 e. The average Bonchev–Trinajstić information content (AvgIpc) is 3.84. The summed E-state index contributed by atoms with van der Waals surface area (Å²) in [6, 6.07) is 0. The van der Waals surface area contributed by atoms with Gasteiger partial charge in [0.2, 0.25) is 0 Å². The van der Waals surface area contributed by atoms with Crippen molar-refractivity contribution in [1.29, 1.82) is 0 Å². The first-order chi connectivity index (χ1) is 22.2. The first kappa shape index (κ1) is 33.0. The fraction of sp³-hybridized carbons (Fsp3) is 0.512. The number of unbranched alkanes of at least 4 members (excludes halogenated alkanes) is 12. The molecular weight excluding hydrogens is 548 g/mol. The molecule has 4 heteroatoms. The average molecular weight is 603 g/mol. The summed E-state index contributed by atoms with van der Waals surface area (Å²) in [5.74, 6) is 0.794. The van der Waals surface area contributed by atoms with Crippen LogP contribution in [0.25, 0.3) is 0 Å². The molecule has 5 rings (SSSR count). The Morgan fingerprint density at radius 1 is 0.422 bits per heavy atom. The molecule has 4 nitrogen and oxygen atoms in total. The van der Waals surface area contributed by atoms with E-state index in [4.69, 9.17) is 20.0 Å². The van der Waals surface area contributed by atoms with Crippen molar-refractivity contribution in [2.24, 2.45) is 25.9 Å². The summed E-state index contributed by atoms with van der Waals surface area (Å²) in [6.45, 7) is 4.61. The molecule has 0 aliphatic carbocycles. The standard InChI is InChI=1S/C41H54N4/c1-3-5-7-9-11-12-14-16-18-32(17-15-13-10-8-6-4-2)19-20-33-27-40-30-38-24-23-36(43-38)28-34-21-22-35(42-34)29-37-25-26-39(44-37)31-41(33)45-40/h21-32H,3-20H2,1-2H3. The molecule has 0 amide bonds. The van der Waals surface area contributed by atoms with Gasteiger partial charge in [-0.05, 0) is 91.2 Å². The molecule has 0 fully saturated rings. The molecule has 45 heavy (non-hydrogen) atoms. The van der Waals surface area contributed by atoms with Crippen molar-refractivity contribution in [3.8, 4) is 0 Å². The molecule has 5 heterocycles. The van der Waals surface area contributed by atoms with Crippen molar-refractivity contribution < 1.29 is 0 Å². The minimum absolute atomic E-state index is 0.794. The smallest absolute Gasteiger partial charge is 0.0691 e. The van der Waals surface area contributed by atoms with Gasteiger partial charge < -0.3 is 0 Å². The number of allylic oxidation sites excluding steroid dienone is 12. The Labute approximate surface area is 272 Å². The van der Waals surface area contributed by atoms with Crippen molar-refractivity contribution >= 4 is 22.8 Å². The number of nitrogens with zero attached hydrogens (tertiary/aromatic N) is 4. The molecule has 0 aromatic rings. The molecule has 0 spiro atoms. The van der Waals surface area contributed by atoms with Gasteiger partial charge in [0.15, 0.2) is 0 Å². The van der Waals surface area contributed by atoms with E-state index in [0.717, 1.165) is 58.0 Å². The van der Waals surface area contributed by atoms with Crippen LogP contribution >= 0.6 is 0 Å². The Bertz CT molecular complexity index is 1410. The molecule has 238 valence electrons. The van der Waals surface area contributed by atoms with Crippen LogP contribution in [0, 0.1) is 5.92 Å². The maximum atomic E-state index is 5.09. The molecule has 1 atom stereocenters. The maximum Gasteiger partial charge on any atom is 0.0691 e. The molecule has 1 unspecified atom stereocenters. The Morgan fingerprint density at radius 3 is 1.38 bits per heavy atom. The first-order valence-electron chi connectivity index (χ1n) is 18.2. The van der Waals surface area contributed by atoms with E-state index in [2.05, 4.69) is 56.4 Å². The van der Waals surface area contributed by atoms with E-state index in [1.54, 1.807) is 0 Å². The minimum atomic E-state index is 0.794. The molecule has 0 aromatic carbocycles. The quantitative estimate of drug-likeness (QED) is 0.132. The number of hydrogen-bond donors (Lipinski definition) is 0. The van der Waals surface area contributed by atoms with Crippen molar-refractivity contribution in [1.82, 2.24) is 0 Å². The molecule has 5 aliphatic rings. The monoisotopic (exact) mass is 602 g/mol. The van der Waals surface area contributed by atoms with E-state index in [-0.39, 0.29) is 0 Å². The van der Waals surface area contributed by atoms with E-state index in [0.29, 0.717) is 0 Å². The Balaban J connectivity index is 1.25. The Hall–Kier alpha value is -3.40. The molecule has 0 N–H and O–H groups in total. The summed E-state index contributed by atoms with van der Waals surface area (Å²) in [7, 11) is 0. The second kappa shape index (κ2) is 17.9. The zero-order chi connectivity index (χ0) is 31.1. The fourth-order valence-corrected chi connectivity index (χ4v) is 6.73. The van der Waals surface area contributed by atoms with Crippen LogP contribution in [-0.4, -0.2) is 22.8 Å². The van der Waals surface area contributed by atoms with Crippen LogP contribution in [0.3, 0.4) is 0 Å². The van der Waals surface area contributed by atoms with Crippen molar-refractivity contribution in [3.63, 3.8) is 0 Å². The summed E-state index contributed by atoms with van der Waals surface area (Å²) in [6.07, 6.45) is 47.5. The van der Waals surface area contributed by atoms with E-state index >= 15 is 0 Å². The van der Waals surface area contributed by atoms with Crippen LogP contribution in [0.2, 0.25) is 0 Å².